The molecule has 1 unspecified atom stereocenters. The van der Waals surface area contributed by atoms with Crippen molar-refractivity contribution in [3.8, 4) is 17.2 Å². The third-order valence-electron chi connectivity index (χ3n) is 4.13. The third kappa shape index (κ3) is 4.29. The van der Waals surface area contributed by atoms with Crippen LogP contribution in [0, 0.1) is 0 Å². The maximum atomic E-state index is 12.2. The first kappa shape index (κ1) is 18.3. The molecule has 0 aliphatic carbocycles. The van der Waals surface area contributed by atoms with E-state index in [0.29, 0.717) is 16.9 Å². The highest BCUT2D eigenvalue weighted by Crippen LogP contribution is 2.38. The van der Waals surface area contributed by atoms with Crippen LogP contribution in [0.1, 0.15) is 41.3 Å². The molecule has 0 aliphatic heterocycles. The fraction of sp³-hybridized carbons (Fsp3) is 0.190. The van der Waals surface area contributed by atoms with E-state index in [-0.39, 0.29) is 23.2 Å². The van der Waals surface area contributed by atoms with E-state index < -0.39 is 0 Å². The normalized spacial score (nSPS) is 12.1. The van der Waals surface area contributed by atoms with E-state index in [1.54, 1.807) is 24.3 Å². The SMILES string of the molecule is C=C(C)C(C)c1cc(/C=C/C(=O)c2ccc(O)cc2)cc(OC)c1O. The van der Waals surface area contributed by atoms with Gasteiger partial charge >= 0.3 is 0 Å². The van der Waals surface area contributed by atoms with Crippen molar-refractivity contribution in [3.63, 3.8) is 0 Å². The van der Waals surface area contributed by atoms with Crippen molar-refractivity contribution in [2.24, 2.45) is 0 Å². The molecule has 0 spiro atoms. The maximum Gasteiger partial charge on any atom is 0.185 e. The Bertz CT molecular complexity index is 817. The molecule has 4 nitrogen and oxygen atoms in total. The summed E-state index contributed by atoms with van der Waals surface area (Å²) >= 11 is 0. The minimum atomic E-state index is -0.179. The van der Waals surface area contributed by atoms with Gasteiger partial charge in [-0.3, -0.25) is 4.79 Å². The Kier molecular flexibility index (Phi) is 5.65. The molecule has 2 rings (SSSR count). The molecule has 0 radical (unpaired) electrons. The highest BCUT2D eigenvalue weighted by Gasteiger charge is 2.16. The lowest BCUT2D eigenvalue weighted by molar-refractivity contribution is 0.104. The molecule has 0 heterocycles. The number of allylic oxidation sites excluding steroid dienone is 2. The molecule has 2 aromatic carbocycles. The fourth-order valence-corrected chi connectivity index (χ4v) is 2.39. The van der Waals surface area contributed by atoms with Crippen LogP contribution in [0.15, 0.2) is 54.6 Å². The minimum absolute atomic E-state index is 0.0462. The van der Waals surface area contributed by atoms with Gasteiger partial charge in [0.2, 0.25) is 0 Å². The Morgan fingerprint density at radius 3 is 2.40 bits per heavy atom. The molecular formula is C21H22O4. The largest absolute Gasteiger partial charge is 0.508 e. The Labute approximate surface area is 147 Å². The molecule has 0 bridgehead atoms. The van der Waals surface area contributed by atoms with E-state index in [2.05, 4.69) is 6.58 Å². The lowest BCUT2D eigenvalue weighted by Gasteiger charge is -2.16. The highest BCUT2D eigenvalue weighted by molar-refractivity contribution is 6.06. The zero-order chi connectivity index (χ0) is 18.6. The second kappa shape index (κ2) is 7.71. The summed E-state index contributed by atoms with van der Waals surface area (Å²) in [6.07, 6.45) is 3.12. The Morgan fingerprint density at radius 2 is 1.84 bits per heavy atom. The van der Waals surface area contributed by atoms with Crippen LogP contribution in [0.2, 0.25) is 0 Å². The van der Waals surface area contributed by atoms with E-state index in [9.17, 15) is 15.0 Å². The van der Waals surface area contributed by atoms with Gasteiger partial charge in [0, 0.05) is 17.0 Å². The number of hydrogen-bond donors (Lipinski definition) is 2. The van der Waals surface area contributed by atoms with Gasteiger partial charge in [0.1, 0.15) is 5.75 Å². The highest BCUT2D eigenvalue weighted by atomic mass is 16.5. The van der Waals surface area contributed by atoms with Crippen LogP contribution >= 0.6 is 0 Å². The Morgan fingerprint density at radius 1 is 1.20 bits per heavy atom. The first-order valence-corrected chi connectivity index (χ1v) is 7.91. The molecule has 0 saturated carbocycles. The van der Waals surface area contributed by atoms with Gasteiger partial charge in [0.05, 0.1) is 7.11 Å². The van der Waals surface area contributed by atoms with Gasteiger partial charge in [-0.15, -0.1) is 0 Å². The summed E-state index contributed by atoms with van der Waals surface area (Å²) in [7, 11) is 1.49. The number of phenolic OH excluding ortho intramolecular Hbond substituents is 2. The Balaban J connectivity index is 2.35. The molecule has 2 N–H and O–H groups in total. The van der Waals surface area contributed by atoms with Crippen LogP contribution in [0.5, 0.6) is 17.2 Å². The summed E-state index contributed by atoms with van der Waals surface area (Å²) in [5.41, 5.74) is 2.84. The smallest absolute Gasteiger partial charge is 0.185 e. The number of ether oxygens (including phenoxy) is 1. The van der Waals surface area contributed by atoms with Crippen molar-refractivity contribution < 1.29 is 19.7 Å². The van der Waals surface area contributed by atoms with Crippen LogP contribution < -0.4 is 4.74 Å². The van der Waals surface area contributed by atoms with Crippen LogP contribution in [-0.4, -0.2) is 23.1 Å². The number of aromatic hydroxyl groups is 2. The van der Waals surface area contributed by atoms with Crippen LogP contribution in [0.25, 0.3) is 6.08 Å². The second-order valence-electron chi connectivity index (χ2n) is 5.97. The van der Waals surface area contributed by atoms with Crippen molar-refractivity contribution in [3.05, 3.63) is 71.3 Å². The third-order valence-corrected chi connectivity index (χ3v) is 4.13. The van der Waals surface area contributed by atoms with E-state index in [4.69, 9.17) is 4.74 Å². The first-order valence-electron chi connectivity index (χ1n) is 7.91. The van der Waals surface area contributed by atoms with E-state index in [0.717, 1.165) is 11.1 Å². The topological polar surface area (TPSA) is 66.8 Å². The van der Waals surface area contributed by atoms with Gasteiger partial charge in [-0.2, -0.15) is 0 Å². The lowest BCUT2D eigenvalue weighted by atomic mass is 9.92. The monoisotopic (exact) mass is 338 g/mol. The first-order chi connectivity index (χ1) is 11.8. The van der Waals surface area contributed by atoms with Crippen LogP contribution in [-0.2, 0) is 0 Å². The van der Waals surface area contributed by atoms with Crippen molar-refractivity contribution in [2.45, 2.75) is 19.8 Å². The molecular weight excluding hydrogens is 316 g/mol. The predicted octanol–water partition coefficient (Wildman–Crippen LogP) is 4.68. The molecule has 0 aromatic heterocycles. The van der Waals surface area contributed by atoms with Crippen LogP contribution in [0.3, 0.4) is 0 Å². The molecule has 0 saturated heterocycles. The van der Waals surface area contributed by atoms with Gasteiger partial charge in [-0.1, -0.05) is 25.2 Å². The number of benzene rings is 2. The molecule has 0 amide bonds. The molecule has 25 heavy (non-hydrogen) atoms. The van der Waals surface area contributed by atoms with Crippen molar-refractivity contribution in [2.75, 3.05) is 7.11 Å². The van der Waals surface area contributed by atoms with Crippen LogP contribution in [0.4, 0.5) is 0 Å². The summed E-state index contributed by atoms with van der Waals surface area (Å²) in [5, 5.41) is 19.6. The average molecular weight is 338 g/mol. The van der Waals surface area contributed by atoms with Gasteiger partial charge in [0.25, 0.3) is 0 Å². The second-order valence-corrected chi connectivity index (χ2v) is 5.97. The zero-order valence-corrected chi connectivity index (χ0v) is 14.6. The van der Waals surface area contributed by atoms with E-state index in [1.807, 2.05) is 19.9 Å². The number of rotatable bonds is 6. The van der Waals surface area contributed by atoms with Crippen molar-refractivity contribution in [1.29, 1.82) is 0 Å². The molecule has 0 aliphatic rings. The Hall–Kier alpha value is -3.01. The molecule has 1 atom stereocenters. The predicted molar refractivity (Wildman–Crippen MR) is 99.4 cm³/mol. The average Bonchev–Trinajstić information content (AvgIpc) is 2.60. The number of carbonyl (C=O) groups is 1. The summed E-state index contributed by atoms with van der Waals surface area (Å²) in [6, 6.07) is 9.55. The quantitative estimate of drug-likeness (QED) is 0.456. The van der Waals surface area contributed by atoms with E-state index >= 15 is 0 Å². The molecule has 130 valence electrons. The van der Waals surface area contributed by atoms with Crippen molar-refractivity contribution in [1.82, 2.24) is 0 Å². The van der Waals surface area contributed by atoms with Gasteiger partial charge in [-0.05, 0) is 55.0 Å². The standard InChI is InChI=1S/C21H22O4/c1-13(2)14(3)18-11-15(12-20(25-4)21(18)24)5-10-19(23)16-6-8-17(22)9-7-16/h5-12,14,22,24H,1H2,2-4H3/b10-5+. The summed E-state index contributed by atoms with van der Waals surface area (Å²) in [6.45, 7) is 7.78. The number of methoxy groups -OCH3 is 1. The summed E-state index contributed by atoms with van der Waals surface area (Å²) in [4.78, 5) is 12.2. The summed E-state index contributed by atoms with van der Waals surface area (Å²) in [5.74, 6) is 0.321. The van der Waals surface area contributed by atoms with E-state index in [1.165, 1.54) is 25.3 Å². The molecule has 2 aromatic rings. The number of carbonyl (C=O) groups excluding carboxylic acids is 1. The van der Waals surface area contributed by atoms with Gasteiger partial charge < -0.3 is 14.9 Å². The molecule has 4 heteroatoms. The minimum Gasteiger partial charge on any atom is -0.508 e. The zero-order valence-electron chi connectivity index (χ0n) is 14.6. The van der Waals surface area contributed by atoms with Gasteiger partial charge in [-0.25, -0.2) is 0 Å². The number of hydrogen-bond acceptors (Lipinski definition) is 4. The van der Waals surface area contributed by atoms with Crippen molar-refractivity contribution >= 4 is 11.9 Å². The molecule has 0 fully saturated rings. The fourth-order valence-electron chi connectivity index (χ4n) is 2.39. The number of ketones is 1. The maximum absolute atomic E-state index is 12.2. The number of phenols is 2. The summed E-state index contributed by atoms with van der Waals surface area (Å²) < 4.78 is 5.23. The van der Waals surface area contributed by atoms with Gasteiger partial charge in [0.15, 0.2) is 17.3 Å². The lowest BCUT2D eigenvalue weighted by Crippen LogP contribution is -1.98.